The van der Waals surface area contributed by atoms with Crippen LogP contribution in [0.1, 0.15) is 13.3 Å². The second-order valence-electron chi connectivity index (χ2n) is 4.81. The number of carbonyl (C=O) groups excluding carboxylic acids is 1. The molecule has 1 aromatic carbocycles. The molecule has 1 saturated heterocycles. The first-order chi connectivity index (χ1) is 9.11. The van der Waals surface area contributed by atoms with Gasteiger partial charge in [-0.3, -0.25) is 4.79 Å². The summed E-state index contributed by atoms with van der Waals surface area (Å²) >= 11 is 1.44. The van der Waals surface area contributed by atoms with Crippen LogP contribution >= 0.6 is 11.3 Å². The molecule has 2 atom stereocenters. The average molecular weight is 277 g/mol. The second kappa shape index (κ2) is 4.79. The number of anilines is 2. The van der Waals surface area contributed by atoms with E-state index in [1.54, 1.807) is 6.07 Å². The zero-order valence-electron chi connectivity index (χ0n) is 10.6. The van der Waals surface area contributed by atoms with E-state index in [9.17, 15) is 4.79 Å². The van der Waals surface area contributed by atoms with E-state index in [0.717, 1.165) is 16.6 Å². The van der Waals surface area contributed by atoms with E-state index in [-0.39, 0.29) is 17.9 Å². The van der Waals surface area contributed by atoms with Gasteiger partial charge in [0.1, 0.15) is 0 Å². The highest BCUT2D eigenvalue weighted by Gasteiger charge is 2.28. The summed E-state index contributed by atoms with van der Waals surface area (Å²) in [6.07, 6.45) is 0.926. The number of carbonyl (C=O) groups is 1. The van der Waals surface area contributed by atoms with Crippen LogP contribution in [-0.4, -0.2) is 23.6 Å². The Balaban J connectivity index is 1.76. The molecule has 0 saturated carbocycles. The van der Waals surface area contributed by atoms with Gasteiger partial charge in [-0.2, -0.15) is 0 Å². The summed E-state index contributed by atoms with van der Waals surface area (Å²) in [4.78, 5) is 16.4. The van der Waals surface area contributed by atoms with E-state index < -0.39 is 0 Å². The van der Waals surface area contributed by atoms with Gasteiger partial charge in [-0.25, -0.2) is 4.98 Å². The third kappa shape index (κ3) is 2.54. The van der Waals surface area contributed by atoms with Gasteiger partial charge in [-0.15, -0.1) is 0 Å². The van der Waals surface area contributed by atoms with Crippen molar-refractivity contribution < 1.29 is 9.53 Å². The molecule has 6 heteroatoms. The van der Waals surface area contributed by atoms with Crippen LogP contribution in [0.2, 0.25) is 0 Å². The summed E-state index contributed by atoms with van der Waals surface area (Å²) in [5.74, 6) is -0.0940. The number of nitrogens with two attached hydrogens (primary N) is 1. The molecule has 1 aliphatic heterocycles. The van der Waals surface area contributed by atoms with E-state index in [4.69, 9.17) is 10.5 Å². The largest absolute Gasteiger partial charge is 0.399 e. The number of nitrogen functional groups attached to an aromatic ring is 1. The van der Waals surface area contributed by atoms with E-state index in [1.807, 2.05) is 19.1 Å². The van der Waals surface area contributed by atoms with Crippen molar-refractivity contribution in [3.05, 3.63) is 18.2 Å². The molecule has 0 radical (unpaired) electrons. The Morgan fingerprint density at radius 2 is 2.42 bits per heavy atom. The van der Waals surface area contributed by atoms with Crippen molar-refractivity contribution in [2.45, 2.75) is 19.4 Å². The molecule has 2 unspecified atom stereocenters. The molecule has 1 aliphatic rings. The maximum Gasteiger partial charge on any atom is 0.231 e. The normalized spacial score (nSPS) is 22.8. The molecular weight excluding hydrogens is 262 g/mol. The number of hydrogen-bond acceptors (Lipinski definition) is 5. The van der Waals surface area contributed by atoms with E-state index in [2.05, 4.69) is 10.3 Å². The van der Waals surface area contributed by atoms with Crippen molar-refractivity contribution in [3.63, 3.8) is 0 Å². The first-order valence-electron chi connectivity index (χ1n) is 6.20. The average Bonchev–Trinajstić information content (AvgIpc) is 2.94. The van der Waals surface area contributed by atoms with Gasteiger partial charge >= 0.3 is 0 Å². The van der Waals surface area contributed by atoms with Crippen LogP contribution in [0.25, 0.3) is 10.2 Å². The zero-order chi connectivity index (χ0) is 13.4. The standard InChI is InChI=1S/C13H15N3O2S/c1-7-4-8(6-18-7)12(17)16-13-15-10-3-2-9(14)5-11(10)19-13/h2-3,5,7-8H,4,6,14H2,1H3,(H,15,16,17). The molecule has 2 aromatic rings. The van der Waals surface area contributed by atoms with E-state index >= 15 is 0 Å². The first-order valence-corrected chi connectivity index (χ1v) is 7.02. The highest BCUT2D eigenvalue weighted by molar-refractivity contribution is 7.22. The van der Waals surface area contributed by atoms with Crippen LogP contribution in [0, 0.1) is 5.92 Å². The third-order valence-corrected chi connectivity index (χ3v) is 4.15. The third-order valence-electron chi connectivity index (χ3n) is 3.21. The topological polar surface area (TPSA) is 77.2 Å². The van der Waals surface area contributed by atoms with Crippen molar-refractivity contribution in [1.82, 2.24) is 4.98 Å². The molecule has 0 aliphatic carbocycles. The quantitative estimate of drug-likeness (QED) is 0.825. The number of rotatable bonds is 2. The summed E-state index contributed by atoms with van der Waals surface area (Å²) in [7, 11) is 0. The Hall–Kier alpha value is -1.66. The lowest BCUT2D eigenvalue weighted by atomic mass is 10.1. The summed E-state index contributed by atoms with van der Waals surface area (Å²) in [6.45, 7) is 2.47. The number of aromatic nitrogens is 1. The number of fused-ring (bicyclic) bond motifs is 1. The van der Waals surface area contributed by atoms with Crippen molar-refractivity contribution in [2.24, 2.45) is 5.92 Å². The molecule has 100 valence electrons. The molecule has 2 heterocycles. The molecule has 19 heavy (non-hydrogen) atoms. The van der Waals surface area contributed by atoms with Crippen LogP contribution in [0.4, 0.5) is 10.8 Å². The molecule has 1 aromatic heterocycles. The van der Waals surface area contributed by atoms with Gasteiger partial charge in [0.25, 0.3) is 0 Å². The minimum atomic E-state index is -0.0768. The molecule has 1 fully saturated rings. The molecule has 0 spiro atoms. The smallest absolute Gasteiger partial charge is 0.231 e. The second-order valence-corrected chi connectivity index (χ2v) is 5.84. The fourth-order valence-electron chi connectivity index (χ4n) is 2.20. The minimum Gasteiger partial charge on any atom is -0.399 e. The lowest BCUT2D eigenvalue weighted by molar-refractivity contribution is -0.119. The fraction of sp³-hybridized carbons (Fsp3) is 0.385. The van der Waals surface area contributed by atoms with Crippen molar-refractivity contribution in [1.29, 1.82) is 0 Å². The zero-order valence-corrected chi connectivity index (χ0v) is 11.4. The minimum absolute atomic E-state index is 0.0172. The van der Waals surface area contributed by atoms with Crippen LogP contribution in [-0.2, 0) is 9.53 Å². The maximum absolute atomic E-state index is 12.1. The number of benzene rings is 1. The van der Waals surface area contributed by atoms with Crippen molar-refractivity contribution in [3.8, 4) is 0 Å². The number of ether oxygens (including phenoxy) is 1. The summed E-state index contributed by atoms with van der Waals surface area (Å²) in [5, 5.41) is 3.48. The Morgan fingerprint density at radius 1 is 1.58 bits per heavy atom. The van der Waals surface area contributed by atoms with Gasteiger partial charge in [0.05, 0.1) is 28.8 Å². The lowest BCUT2D eigenvalue weighted by Gasteiger charge is -2.06. The fourth-order valence-corrected chi connectivity index (χ4v) is 3.12. The SMILES string of the molecule is CC1CC(C(=O)Nc2nc3ccc(N)cc3s2)CO1. The summed E-state index contributed by atoms with van der Waals surface area (Å²) in [5.41, 5.74) is 7.28. The number of hydrogen-bond donors (Lipinski definition) is 2. The van der Waals surface area contributed by atoms with Crippen LogP contribution in [0.3, 0.4) is 0 Å². The Labute approximate surface area is 114 Å². The van der Waals surface area contributed by atoms with Gasteiger partial charge in [0, 0.05) is 5.69 Å². The monoisotopic (exact) mass is 277 g/mol. The van der Waals surface area contributed by atoms with Gasteiger partial charge in [-0.1, -0.05) is 11.3 Å². The van der Waals surface area contributed by atoms with Gasteiger partial charge in [-0.05, 0) is 31.5 Å². The Morgan fingerprint density at radius 3 is 3.16 bits per heavy atom. The van der Waals surface area contributed by atoms with Crippen molar-refractivity contribution >= 4 is 38.3 Å². The number of thiazole rings is 1. The van der Waals surface area contributed by atoms with Gasteiger partial charge in [0.15, 0.2) is 5.13 Å². The number of nitrogens with one attached hydrogen (secondary N) is 1. The maximum atomic E-state index is 12.1. The van der Waals surface area contributed by atoms with Crippen LogP contribution in [0.15, 0.2) is 18.2 Å². The molecule has 3 N–H and O–H groups in total. The molecule has 3 rings (SSSR count). The van der Waals surface area contributed by atoms with E-state index in [1.165, 1.54) is 11.3 Å². The lowest BCUT2D eigenvalue weighted by Crippen LogP contribution is -2.22. The predicted octanol–water partition coefficient (Wildman–Crippen LogP) is 2.24. The van der Waals surface area contributed by atoms with Gasteiger partial charge < -0.3 is 15.8 Å². The predicted molar refractivity (Wildman–Crippen MR) is 76.2 cm³/mol. The van der Waals surface area contributed by atoms with Gasteiger partial charge in [0.2, 0.25) is 5.91 Å². The Bertz CT molecular complexity index is 625. The summed E-state index contributed by atoms with van der Waals surface area (Å²) in [6, 6.07) is 5.53. The van der Waals surface area contributed by atoms with E-state index in [0.29, 0.717) is 17.4 Å². The molecular formula is C13H15N3O2S. The number of nitrogens with zero attached hydrogens (tertiary/aromatic N) is 1. The Kier molecular flexibility index (Phi) is 3.12. The highest BCUT2D eigenvalue weighted by atomic mass is 32.1. The van der Waals surface area contributed by atoms with Crippen LogP contribution < -0.4 is 11.1 Å². The highest BCUT2D eigenvalue weighted by Crippen LogP contribution is 2.28. The molecule has 0 bridgehead atoms. The number of amides is 1. The summed E-state index contributed by atoms with van der Waals surface area (Å²) < 4.78 is 6.38. The molecule has 5 nitrogen and oxygen atoms in total. The molecule has 1 amide bonds. The van der Waals surface area contributed by atoms with Crippen molar-refractivity contribution in [2.75, 3.05) is 17.7 Å². The van der Waals surface area contributed by atoms with Crippen LogP contribution in [0.5, 0.6) is 0 Å². The first kappa shape index (κ1) is 12.4.